The first-order valence-electron chi connectivity index (χ1n) is 4.61. The van der Waals surface area contributed by atoms with E-state index in [1.807, 2.05) is 12.2 Å². The van der Waals surface area contributed by atoms with Crippen molar-refractivity contribution in [2.24, 2.45) is 11.7 Å². The first kappa shape index (κ1) is 7.87. The van der Waals surface area contributed by atoms with Gasteiger partial charge in [-0.2, -0.15) is 0 Å². The molecule has 0 heterocycles. The van der Waals surface area contributed by atoms with Crippen LogP contribution < -0.4 is 5.73 Å². The lowest BCUT2D eigenvalue weighted by Gasteiger charge is -2.31. The van der Waals surface area contributed by atoms with E-state index in [-0.39, 0.29) is 0 Å². The number of nitrogens with two attached hydrogens (primary N) is 1. The lowest BCUT2D eigenvalue weighted by Crippen LogP contribution is -2.30. The predicted octanol–water partition coefficient (Wildman–Crippen LogP) is 1.89. The third kappa shape index (κ3) is 1.27. The minimum atomic E-state index is 0.345. The number of allylic oxidation sites excluding steroid dienone is 3. The van der Waals surface area contributed by atoms with E-state index in [0.29, 0.717) is 17.7 Å². The standard InChI is InChI=1S/C10H15NO/c11-8-4-5-9-7(6-8)2-1-3-10(9)12/h1,3,7-8,12H,2,4-6,11H2. The summed E-state index contributed by atoms with van der Waals surface area (Å²) in [5, 5.41) is 9.54. The van der Waals surface area contributed by atoms with Crippen LogP contribution in [0.5, 0.6) is 0 Å². The fourth-order valence-corrected chi connectivity index (χ4v) is 2.20. The van der Waals surface area contributed by atoms with Gasteiger partial charge in [-0.25, -0.2) is 0 Å². The van der Waals surface area contributed by atoms with Crippen molar-refractivity contribution < 1.29 is 5.11 Å². The summed E-state index contributed by atoms with van der Waals surface area (Å²) in [5.41, 5.74) is 7.09. The number of hydrogen-bond acceptors (Lipinski definition) is 2. The molecule has 2 aliphatic rings. The van der Waals surface area contributed by atoms with Gasteiger partial charge in [-0.05, 0) is 43.3 Å². The van der Waals surface area contributed by atoms with E-state index >= 15 is 0 Å². The smallest absolute Gasteiger partial charge is 0.114 e. The zero-order valence-electron chi connectivity index (χ0n) is 7.16. The summed E-state index contributed by atoms with van der Waals surface area (Å²) in [6.45, 7) is 0. The molecule has 1 fully saturated rings. The third-order valence-electron chi connectivity index (χ3n) is 2.89. The predicted molar refractivity (Wildman–Crippen MR) is 48.7 cm³/mol. The van der Waals surface area contributed by atoms with Crippen molar-refractivity contribution in [3.05, 3.63) is 23.5 Å². The molecule has 2 aliphatic carbocycles. The Kier molecular flexibility index (Phi) is 1.93. The van der Waals surface area contributed by atoms with Crippen molar-refractivity contribution in [1.29, 1.82) is 0 Å². The molecular formula is C10H15NO. The van der Waals surface area contributed by atoms with Crippen LogP contribution in [-0.2, 0) is 0 Å². The van der Waals surface area contributed by atoms with Gasteiger partial charge in [0.05, 0.1) is 0 Å². The van der Waals surface area contributed by atoms with Gasteiger partial charge in [0, 0.05) is 6.04 Å². The van der Waals surface area contributed by atoms with E-state index in [4.69, 9.17) is 5.73 Å². The molecule has 1 saturated carbocycles. The Labute approximate surface area is 72.8 Å². The van der Waals surface area contributed by atoms with Gasteiger partial charge in [0.15, 0.2) is 0 Å². The lowest BCUT2D eigenvalue weighted by molar-refractivity contribution is 0.350. The van der Waals surface area contributed by atoms with Crippen molar-refractivity contribution in [1.82, 2.24) is 0 Å². The first-order chi connectivity index (χ1) is 5.77. The van der Waals surface area contributed by atoms with Crippen molar-refractivity contribution in [2.45, 2.75) is 31.7 Å². The molecule has 0 aromatic carbocycles. The highest BCUT2D eigenvalue weighted by Gasteiger charge is 2.26. The minimum Gasteiger partial charge on any atom is -0.508 e. The second-order valence-corrected chi connectivity index (χ2v) is 3.78. The zero-order chi connectivity index (χ0) is 8.55. The second-order valence-electron chi connectivity index (χ2n) is 3.78. The van der Waals surface area contributed by atoms with Crippen molar-refractivity contribution in [3.8, 4) is 0 Å². The van der Waals surface area contributed by atoms with Crippen LogP contribution >= 0.6 is 0 Å². The molecule has 0 aromatic heterocycles. The monoisotopic (exact) mass is 165 g/mol. The highest BCUT2D eigenvalue weighted by Crippen LogP contribution is 2.35. The van der Waals surface area contributed by atoms with Crippen LogP contribution in [0, 0.1) is 5.92 Å². The lowest BCUT2D eigenvalue weighted by atomic mass is 9.77. The van der Waals surface area contributed by atoms with Gasteiger partial charge in [0.2, 0.25) is 0 Å². The second kappa shape index (κ2) is 2.94. The summed E-state index contributed by atoms with van der Waals surface area (Å²) in [6.07, 6.45) is 7.99. The normalized spacial score (nSPS) is 35.1. The molecule has 0 radical (unpaired) electrons. The summed E-state index contributed by atoms with van der Waals surface area (Å²) in [6, 6.07) is 0.345. The molecule has 0 saturated heterocycles. The number of fused-ring (bicyclic) bond motifs is 1. The van der Waals surface area contributed by atoms with Gasteiger partial charge in [-0.1, -0.05) is 6.08 Å². The number of hydrogen-bond donors (Lipinski definition) is 2. The molecule has 0 amide bonds. The Balaban J connectivity index is 2.20. The van der Waals surface area contributed by atoms with Gasteiger partial charge in [-0.3, -0.25) is 0 Å². The maximum Gasteiger partial charge on any atom is 0.114 e. The Hall–Kier alpha value is -0.760. The maximum absolute atomic E-state index is 9.54. The Morgan fingerprint density at radius 1 is 1.50 bits per heavy atom. The van der Waals surface area contributed by atoms with Gasteiger partial charge in [0.1, 0.15) is 5.76 Å². The largest absolute Gasteiger partial charge is 0.508 e. The summed E-state index contributed by atoms with van der Waals surface area (Å²) < 4.78 is 0. The molecule has 2 rings (SSSR count). The Morgan fingerprint density at radius 3 is 3.17 bits per heavy atom. The van der Waals surface area contributed by atoms with Crippen LogP contribution in [0.2, 0.25) is 0 Å². The van der Waals surface area contributed by atoms with E-state index < -0.39 is 0 Å². The summed E-state index contributed by atoms with van der Waals surface area (Å²) in [5.74, 6) is 1.02. The fraction of sp³-hybridized carbons (Fsp3) is 0.600. The number of aliphatic hydroxyl groups is 1. The molecule has 0 aromatic rings. The van der Waals surface area contributed by atoms with E-state index in [1.54, 1.807) is 0 Å². The molecule has 2 atom stereocenters. The molecule has 0 spiro atoms. The molecule has 0 aliphatic heterocycles. The summed E-state index contributed by atoms with van der Waals surface area (Å²) >= 11 is 0. The summed E-state index contributed by atoms with van der Waals surface area (Å²) in [7, 11) is 0. The molecule has 12 heavy (non-hydrogen) atoms. The van der Waals surface area contributed by atoms with Crippen LogP contribution in [0.25, 0.3) is 0 Å². The molecule has 2 heteroatoms. The zero-order valence-corrected chi connectivity index (χ0v) is 7.16. The molecule has 2 nitrogen and oxygen atoms in total. The Bertz CT molecular complexity index is 242. The van der Waals surface area contributed by atoms with Gasteiger partial charge in [-0.15, -0.1) is 0 Å². The molecule has 66 valence electrons. The highest BCUT2D eigenvalue weighted by atomic mass is 16.3. The molecule has 0 bridgehead atoms. The topological polar surface area (TPSA) is 46.2 Å². The number of aliphatic hydroxyl groups excluding tert-OH is 1. The van der Waals surface area contributed by atoms with Crippen LogP contribution in [-0.4, -0.2) is 11.1 Å². The number of rotatable bonds is 0. The van der Waals surface area contributed by atoms with Gasteiger partial charge < -0.3 is 10.8 Å². The van der Waals surface area contributed by atoms with Crippen LogP contribution in [0.15, 0.2) is 23.5 Å². The van der Waals surface area contributed by atoms with Gasteiger partial charge in [0.25, 0.3) is 0 Å². The molecule has 2 unspecified atom stereocenters. The Morgan fingerprint density at radius 2 is 2.33 bits per heavy atom. The van der Waals surface area contributed by atoms with Crippen molar-refractivity contribution in [2.75, 3.05) is 0 Å². The van der Waals surface area contributed by atoms with Crippen molar-refractivity contribution in [3.63, 3.8) is 0 Å². The fourth-order valence-electron chi connectivity index (χ4n) is 2.20. The SMILES string of the molecule is NC1CCC2=C(O)C=CCC2C1. The third-order valence-corrected chi connectivity index (χ3v) is 2.89. The van der Waals surface area contributed by atoms with Crippen molar-refractivity contribution >= 4 is 0 Å². The van der Waals surface area contributed by atoms with Crippen LogP contribution in [0.1, 0.15) is 25.7 Å². The molecular weight excluding hydrogens is 150 g/mol. The average molecular weight is 165 g/mol. The first-order valence-corrected chi connectivity index (χ1v) is 4.61. The minimum absolute atomic E-state index is 0.345. The van der Waals surface area contributed by atoms with E-state index in [1.165, 1.54) is 5.57 Å². The average Bonchev–Trinajstić information content (AvgIpc) is 2.04. The van der Waals surface area contributed by atoms with Crippen LogP contribution in [0.3, 0.4) is 0 Å². The van der Waals surface area contributed by atoms with E-state index in [9.17, 15) is 5.11 Å². The summed E-state index contributed by atoms with van der Waals surface area (Å²) in [4.78, 5) is 0. The highest BCUT2D eigenvalue weighted by molar-refractivity contribution is 5.27. The van der Waals surface area contributed by atoms with E-state index in [2.05, 4.69) is 0 Å². The molecule has 3 N–H and O–H groups in total. The van der Waals surface area contributed by atoms with Crippen LogP contribution in [0.4, 0.5) is 0 Å². The van der Waals surface area contributed by atoms with E-state index in [0.717, 1.165) is 25.7 Å². The quantitative estimate of drug-likeness (QED) is 0.575. The maximum atomic E-state index is 9.54. The van der Waals surface area contributed by atoms with Gasteiger partial charge >= 0.3 is 0 Å².